The van der Waals surface area contributed by atoms with Crippen LogP contribution in [0.5, 0.6) is 5.75 Å². The molecule has 10 heteroatoms. The molecule has 2 atom stereocenters. The average Bonchev–Trinajstić information content (AvgIpc) is 2.87. The smallest absolute Gasteiger partial charge is 0.256 e. The summed E-state index contributed by atoms with van der Waals surface area (Å²) in [5.74, 6) is 0.356. The van der Waals surface area contributed by atoms with Gasteiger partial charge in [-0.3, -0.25) is 9.78 Å². The number of nitrogens with zero attached hydrogens (tertiary/aromatic N) is 2. The molecule has 2 unspecified atom stereocenters. The SMILES string of the molecule is Cc1c(Cl)cccc1NC(=S)C1=C(N(C)c2ccncc2OCC2COCCO2)C(C)CNC1=O. The van der Waals surface area contributed by atoms with Gasteiger partial charge >= 0.3 is 0 Å². The van der Waals surface area contributed by atoms with Crippen molar-refractivity contribution < 1.29 is 19.0 Å². The van der Waals surface area contributed by atoms with Gasteiger partial charge in [0.15, 0.2) is 5.75 Å². The van der Waals surface area contributed by atoms with Crippen molar-refractivity contribution in [1.82, 2.24) is 10.3 Å². The van der Waals surface area contributed by atoms with Gasteiger partial charge in [-0.15, -0.1) is 0 Å². The number of anilines is 2. The maximum absolute atomic E-state index is 13.1. The molecule has 2 aromatic rings. The number of ether oxygens (including phenoxy) is 3. The summed E-state index contributed by atoms with van der Waals surface area (Å²) in [6.07, 6.45) is 3.21. The molecule has 1 aromatic carbocycles. The van der Waals surface area contributed by atoms with Crippen LogP contribution < -0.4 is 20.3 Å². The minimum Gasteiger partial charge on any atom is -0.487 e. The number of hydrogen-bond acceptors (Lipinski definition) is 7. The van der Waals surface area contributed by atoms with Gasteiger partial charge in [-0.05, 0) is 30.7 Å². The Kier molecular flexibility index (Phi) is 8.22. The lowest BCUT2D eigenvalue weighted by molar-refractivity contribution is -0.117. The fraction of sp³-hybridized carbons (Fsp3) is 0.400. The number of carbonyl (C=O) groups excluding carboxylic acids is 1. The van der Waals surface area contributed by atoms with Gasteiger partial charge in [0.1, 0.15) is 17.7 Å². The molecule has 1 aromatic heterocycles. The van der Waals surface area contributed by atoms with E-state index < -0.39 is 0 Å². The quantitative estimate of drug-likeness (QED) is 0.538. The lowest BCUT2D eigenvalue weighted by atomic mass is 9.95. The summed E-state index contributed by atoms with van der Waals surface area (Å²) in [5.41, 5.74) is 3.58. The Morgan fingerprint density at radius 3 is 2.97 bits per heavy atom. The highest BCUT2D eigenvalue weighted by molar-refractivity contribution is 7.81. The lowest BCUT2D eigenvalue weighted by Gasteiger charge is -2.34. The van der Waals surface area contributed by atoms with Crippen LogP contribution in [0.1, 0.15) is 12.5 Å². The molecule has 186 valence electrons. The molecule has 0 aliphatic carbocycles. The van der Waals surface area contributed by atoms with Crippen LogP contribution in [0.15, 0.2) is 47.9 Å². The summed E-state index contributed by atoms with van der Waals surface area (Å²) in [6.45, 7) is 6.41. The Hall–Kier alpha value is -2.72. The van der Waals surface area contributed by atoms with Crippen molar-refractivity contribution in [3.05, 3.63) is 58.5 Å². The predicted molar refractivity (Wildman–Crippen MR) is 140 cm³/mol. The number of aromatic nitrogens is 1. The van der Waals surface area contributed by atoms with Gasteiger partial charge in [-0.25, -0.2) is 0 Å². The van der Waals surface area contributed by atoms with Crippen molar-refractivity contribution in [3.63, 3.8) is 0 Å². The summed E-state index contributed by atoms with van der Waals surface area (Å²) >= 11 is 12.0. The molecule has 1 fully saturated rings. The number of carbonyl (C=O) groups is 1. The second-order valence-electron chi connectivity index (χ2n) is 8.52. The van der Waals surface area contributed by atoms with Gasteiger partial charge in [-0.1, -0.05) is 36.8 Å². The van der Waals surface area contributed by atoms with Crippen LogP contribution in [0, 0.1) is 12.8 Å². The maximum Gasteiger partial charge on any atom is 0.256 e. The largest absolute Gasteiger partial charge is 0.487 e. The first-order valence-electron chi connectivity index (χ1n) is 11.5. The summed E-state index contributed by atoms with van der Waals surface area (Å²) in [7, 11) is 1.90. The predicted octanol–water partition coefficient (Wildman–Crippen LogP) is 3.73. The van der Waals surface area contributed by atoms with E-state index in [1.807, 2.05) is 50.1 Å². The second-order valence-corrected chi connectivity index (χ2v) is 9.33. The Bertz CT molecular complexity index is 1140. The first-order valence-corrected chi connectivity index (χ1v) is 12.2. The molecule has 0 spiro atoms. The molecule has 0 bridgehead atoms. The fourth-order valence-corrected chi connectivity index (χ4v) is 4.63. The van der Waals surface area contributed by atoms with Crippen LogP contribution in [0.4, 0.5) is 11.4 Å². The Balaban J connectivity index is 1.64. The molecule has 35 heavy (non-hydrogen) atoms. The van der Waals surface area contributed by atoms with Crippen LogP contribution >= 0.6 is 23.8 Å². The minimum absolute atomic E-state index is 0.00370. The van der Waals surface area contributed by atoms with E-state index in [2.05, 4.69) is 15.6 Å². The number of hydrogen-bond donors (Lipinski definition) is 2. The topological polar surface area (TPSA) is 85.0 Å². The Labute approximate surface area is 215 Å². The standard InChI is InChI=1S/C25H29ClN4O4S/c1-15-11-28-24(31)22(25(35)29-19-6-4-5-18(26)16(19)2)23(15)30(3)20-7-8-27-12-21(20)34-14-17-13-32-9-10-33-17/h4-8,12,15,17H,9-11,13-14H2,1-3H3,(H,28,31)(H,29,35). The molecular weight excluding hydrogens is 488 g/mol. The van der Waals surface area contributed by atoms with Gasteiger partial charge in [-0.2, -0.15) is 0 Å². The van der Waals surface area contributed by atoms with Crippen LogP contribution in [-0.4, -0.2) is 62.0 Å². The average molecular weight is 517 g/mol. The maximum atomic E-state index is 13.1. The minimum atomic E-state index is -0.230. The molecule has 1 amide bonds. The molecule has 3 heterocycles. The van der Waals surface area contributed by atoms with Crippen molar-refractivity contribution >= 4 is 46.1 Å². The van der Waals surface area contributed by atoms with Crippen molar-refractivity contribution in [2.45, 2.75) is 20.0 Å². The molecule has 2 N–H and O–H groups in total. The van der Waals surface area contributed by atoms with E-state index in [4.69, 9.17) is 38.0 Å². The first-order chi connectivity index (χ1) is 16.9. The van der Waals surface area contributed by atoms with E-state index >= 15 is 0 Å². The van der Waals surface area contributed by atoms with Crippen molar-refractivity contribution in [2.75, 3.05) is 50.2 Å². The van der Waals surface area contributed by atoms with Crippen LogP contribution in [0.3, 0.4) is 0 Å². The molecule has 8 nitrogen and oxygen atoms in total. The summed E-state index contributed by atoms with van der Waals surface area (Å²) in [6, 6.07) is 7.39. The van der Waals surface area contributed by atoms with Crippen LogP contribution in [0.2, 0.25) is 5.02 Å². The van der Waals surface area contributed by atoms with Gasteiger partial charge in [0, 0.05) is 42.1 Å². The van der Waals surface area contributed by atoms with Gasteiger partial charge in [0.2, 0.25) is 0 Å². The third-order valence-electron chi connectivity index (χ3n) is 6.06. The van der Waals surface area contributed by atoms with E-state index in [-0.39, 0.29) is 17.9 Å². The van der Waals surface area contributed by atoms with Crippen LogP contribution in [-0.2, 0) is 14.3 Å². The van der Waals surface area contributed by atoms with Crippen LogP contribution in [0.25, 0.3) is 0 Å². The number of benzene rings is 1. The zero-order chi connectivity index (χ0) is 24.9. The lowest BCUT2D eigenvalue weighted by Crippen LogP contribution is -2.44. The fourth-order valence-electron chi connectivity index (χ4n) is 4.15. The summed E-state index contributed by atoms with van der Waals surface area (Å²) < 4.78 is 17.2. The second kappa shape index (κ2) is 11.3. The molecule has 0 radical (unpaired) electrons. The van der Waals surface area contributed by atoms with E-state index in [0.29, 0.717) is 54.3 Å². The van der Waals surface area contributed by atoms with E-state index in [9.17, 15) is 4.79 Å². The highest BCUT2D eigenvalue weighted by Gasteiger charge is 2.32. The normalized spacial score (nSPS) is 20.3. The van der Waals surface area contributed by atoms with Gasteiger partial charge in [0.25, 0.3) is 5.91 Å². The summed E-state index contributed by atoms with van der Waals surface area (Å²) in [5, 5.41) is 6.78. The number of thiocarbonyl (C=S) groups is 1. The first kappa shape index (κ1) is 25.4. The number of rotatable bonds is 7. The number of pyridine rings is 1. The zero-order valence-corrected chi connectivity index (χ0v) is 21.5. The number of halogens is 1. The zero-order valence-electron chi connectivity index (χ0n) is 20.0. The molecule has 0 saturated carbocycles. The molecule has 4 rings (SSSR count). The van der Waals surface area contributed by atoms with Gasteiger partial charge < -0.3 is 29.7 Å². The monoisotopic (exact) mass is 516 g/mol. The molecular formula is C25H29ClN4O4S. The Morgan fingerprint density at radius 2 is 2.20 bits per heavy atom. The highest BCUT2D eigenvalue weighted by Crippen LogP contribution is 2.34. The third kappa shape index (κ3) is 5.75. The summed E-state index contributed by atoms with van der Waals surface area (Å²) in [4.78, 5) is 19.6. The van der Waals surface area contributed by atoms with Crippen molar-refractivity contribution in [1.29, 1.82) is 0 Å². The Morgan fingerprint density at radius 1 is 1.37 bits per heavy atom. The number of amides is 1. The van der Waals surface area contributed by atoms with E-state index in [0.717, 1.165) is 22.6 Å². The molecule has 1 saturated heterocycles. The van der Waals surface area contributed by atoms with Gasteiger partial charge in [0.05, 0.1) is 37.3 Å². The van der Waals surface area contributed by atoms with Crippen molar-refractivity contribution in [3.8, 4) is 5.75 Å². The van der Waals surface area contributed by atoms with Crippen molar-refractivity contribution in [2.24, 2.45) is 5.92 Å². The highest BCUT2D eigenvalue weighted by atomic mass is 35.5. The molecule has 2 aliphatic rings. The van der Waals surface area contributed by atoms with E-state index in [1.54, 1.807) is 12.4 Å². The molecule has 2 aliphatic heterocycles. The van der Waals surface area contributed by atoms with E-state index in [1.165, 1.54) is 0 Å². The number of nitrogens with one attached hydrogen (secondary N) is 2. The third-order valence-corrected chi connectivity index (χ3v) is 6.77.